The van der Waals surface area contributed by atoms with Crippen molar-refractivity contribution in [2.75, 3.05) is 31.7 Å². The van der Waals surface area contributed by atoms with Gasteiger partial charge in [0.1, 0.15) is 18.9 Å². The fourth-order valence-electron chi connectivity index (χ4n) is 3.44. The highest BCUT2D eigenvalue weighted by atomic mass is 32.2. The molecule has 8 nitrogen and oxygen atoms in total. The molecule has 3 aromatic rings. The van der Waals surface area contributed by atoms with Crippen LogP contribution in [0.3, 0.4) is 0 Å². The lowest BCUT2D eigenvalue weighted by atomic mass is 10.2. The minimum atomic E-state index is -4.10. The molecule has 1 amide bonds. The van der Waals surface area contributed by atoms with E-state index in [1.807, 2.05) is 31.2 Å². The Morgan fingerprint density at radius 3 is 2.23 bits per heavy atom. The standard InChI is InChI=1S/C26H30N2O6S/c1-19-10-8-9-13-23(19)34-18-20(2)27-26(29)17-28(21-11-6-5-7-12-21)35(30,31)22-14-15-24(32-3)25(16-22)33-4/h5-16,20H,17-18H2,1-4H3,(H,27,29). The van der Waals surface area contributed by atoms with Gasteiger partial charge in [0, 0.05) is 6.07 Å². The molecule has 0 spiro atoms. The highest BCUT2D eigenvalue weighted by Gasteiger charge is 2.28. The number of methoxy groups -OCH3 is 2. The summed E-state index contributed by atoms with van der Waals surface area (Å²) in [6.45, 7) is 3.57. The summed E-state index contributed by atoms with van der Waals surface area (Å²) in [7, 11) is -1.20. The molecule has 35 heavy (non-hydrogen) atoms. The number of aryl methyl sites for hydroxylation is 1. The number of hydrogen-bond donors (Lipinski definition) is 1. The first kappa shape index (κ1) is 25.9. The van der Waals surface area contributed by atoms with Crippen LogP contribution in [0.25, 0.3) is 0 Å². The van der Waals surface area contributed by atoms with E-state index in [9.17, 15) is 13.2 Å². The third kappa shape index (κ3) is 6.45. The fourth-order valence-corrected chi connectivity index (χ4v) is 4.88. The van der Waals surface area contributed by atoms with Gasteiger partial charge in [-0.15, -0.1) is 0 Å². The topological polar surface area (TPSA) is 94.2 Å². The Bertz CT molecular complexity index is 1250. The molecule has 0 saturated carbocycles. The van der Waals surface area contributed by atoms with Crippen LogP contribution in [0, 0.1) is 6.92 Å². The van der Waals surface area contributed by atoms with E-state index in [1.165, 1.54) is 32.4 Å². The maximum atomic E-state index is 13.6. The van der Waals surface area contributed by atoms with Gasteiger partial charge in [0.2, 0.25) is 5.91 Å². The Kier molecular flexibility index (Phi) is 8.59. The summed E-state index contributed by atoms with van der Waals surface area (Å²) < 4.78 is 44.5. The predicted molar refractivity (Wildman–Crippen MR) is 135 cm³/mol. The van der Waals surface area contributed by atoms with Gasteiger partial charge in [-0.1, -0.05) is 36.4 Å². The largest absolute Gasteiger partial charge is 0.493 e. The van der Waals surface area contributed by atoms with Crippen LogP contribution in [0.1, 0.15) is 12.5 Å². The van der Waals surface area contributed by atoms with E-state index >= 15 is 0 Å². The number of benzene rings is 3. The Morgan fingerprint density at radius 2 is 1.57 bits per heavy atom. The van der Waals surface area contributed by atoms with E-state index in [1.54, 1.807) is 37.3 Å². The molecule has 0 aliphatic rings. The molecule has 3 aromatic carbocycles. The van der Waals surface area contributed by atoms with E-state index in [-0.39, 0.29) is 23.3 Å². The lowest BCUT2D eigenvalue weighted by molar-refractivity contribution is -0.120. The van der Waals surface area contributed by atoms with Gasteiger partial charge in [0.25, 0.3) is 10.0 Å². The van der Waals surface area contributed by atoms with Crippen LogP contribution in [-0.2, 0) is 14.8 Å². The van der Waals surface area contributed by atoms with Crippen molar-refractivity contribution in [3.63, 3.8) is 0 Å². The zero-order valence-electron chi connectivity index (χ0n) is 20.2. The number of carbonyl (C=O) groups is 1. The summed E-state index contributed by atoms with van der Waals surface area (Å²) in [5.41, 5.74) is 1.35. The van der Waals surface area contributed by atoms with Crippen LogP contribution in [0.2, 0.25) is 0 Å². The maximum absolute atomic E-state index is 13.6. The highest BCUT2D eigenvalue weighted by molar-refractivity contribution is 7.92. The molecule has 0 aliphatic heterocycles. The second-order valence-corrected chi connectivity index (χ2v) is 9.77. The zero-order valence-corrected chi connectivity index (χ0v) is 21.0. The van der Waals surface area contributed by atoms with E-state index in [2.05, 4.69) is 5.32 Å². The van der Waals surface area contributed by atoms with Crippen LogP contribution >= 0.6 is 0 Å². The predicted octanol–water partition coefficient (Wildman–Crippen LogP) is 3.79. The van der Waals surface area contributed by atoms with E-state index in [0.717, 1.165) is 15.6 Å². The Labute approximate surface area is 206 Å². The molecular formula is C26H30N2O6S. The Morgan fingerprint density at radius 1 is 0.914 bits per heavy atom. The molecule has 0 aromatic heterocycles. The first-order valence-corrected chi connectivity index (χ1v) is 12.5. The average Bonchev–Trinajstić information content (AvgIpc) is 2.86. The Balaban J connectivity index is 1.79. The number of carbonyl (C=O) groups excluding carboxylic acids is 1. The van der Waals surface area contributed by atoms with Crippen LogP contribution in [0.5, 0.6) is 17.2 Å². The van der Waals surface area contributed by atoms with E-state index in [0.29, 0.717) is 11.4 Å². The second kappa shape index (κ2) is 11.6. The number of rotatable bonds is 11. The number of nitrogens with zero attached hydrogens (tertiary/aromatic N) is 1. The minimum absolute atomic E-state index is 0.0252. The molecule has 0 saturated heterocycles. The third-order valence-corrected chi connectivity index (χ3v) is 7.03. The molecule has 1 N–H and O–H groups in total. The molecule has 3 rings (SSSR count). The SMILES string of the molecule is COc1ccc(S(=O)(=O)N(CC(=O)NC(C)COc2ccccc2C)c2ccccc2)cc1OC. The first-order chi connectivity index (χ1) is 16.8. The fraction of sp³-hybridized carbons (Fsp3) is 0.269. The van der Waals surface area contributed by atoms with Crippen molar-refractivity contribution in [2.45, 2.75) is 24.8 Å². The van der Waals surface area contributed by atoms with Gasteiger partial charge in [-0.2, -0.15) is 0 Å². The van der Waals surface area contributed by atoms with Gasteiger partial charge in [-0.05, 0) is 49.7 Å². The molecule has 0 aliphatic carbocycles. The van der Waals surface area contributed by atoms with Crippen molar-refractivity contribution in [1.29, 1.82) is 0 Å². The molecule has 0 fully saturated rings. The second-order valence-electron chi connectivity index (χ2n) is 7.91. The smallest absolute Gasteiger partial charge is 0.264 e. The van der Waals surface area contributed by atoms with Crippen LogP contribution < -0.4 is 23.8 Å². The number of hydrogen-bond acceptors (Lipinski definition) is 6. The molecule has 0 heterocycles. The number of nitrogens with one attached hydrogen (secondary N) is 1. The molecule has 1 atom stereocenters. The number of anilines is 1. The van der Waals surface area contributed by atoms with Crippen LogP contribution in [-0.4, -0.2) is 47.7 Å². The summed E-state index contributed by atoms with van der Waals surface area (Å²) in [5, 5.41) is 2.82. The van der Waals surface area contributed by atoms with Gasteiger partial charge < -0.3 is 19.5 Å². The summed E-state index contributed by atoms with van der Waals surface area (Å²) in [6.07, 6.45) is 0. The summed E-state index contributed by atoms with van der Waals surface area (Å²) in [6, 6.07) is 20.0. The molecule has 9 heteroatoms. The van der Waals surface area contributed by atoms with E-state index in [4.69, 9.17) is 14.2 Å². The molecular weight excluding hydrogens is 468 g/mol. The first-order valence-electron chi connectivity index (χ1n) is 11.0. The van der Waals surface area contributed by atoms with Gasteiger partial charge in [0.05, 0.1) is 30.8 Å². The number of ether oxygens (including phenoxy) is 3. The minimum Gasteiger partial charge on any atom is -0.493 e. The summed E-state index contributed by atoms with van der Waals surface area (Å²) >= 11 is 0. The number of amides is 1. The Hall–Kier alpha value is -3.72. The highest BCUT2D eigenvalue weighted by Crippen LogP contribution is 2.32. The van der Waals surface area contributed by atoms with Crippen molar-refractivity contribution >= 4 is 21.6 Å². The van der Waals surface area contributed by atoms with Crippen LogP contribution in [0.15, 0.2) is 77.7 Å². The normalized spacial score (nSPS) is 11.9. The van der Waals surface area contributed by atoms with Gasteiger partial charge in [-0.25, -0.2) is 8.42 Å². The third-order valence-electron chi connectivity index (χ3n) is 5.26. The average molecular weight is 499 g/mol. The van der Waals surface area contributed by atoms with Crippen molar-refractivity contribution in [1.82, 2.24) is 5.32 Å². The lowest BCUT2D eigenvalue weighted by Gasteiger charge is -2.25. The van der Waals surface area contributed by atoms with Gasteiger partial charge in [-0.3, -0.25) is 9.10 Å². The van der Waals surface area contributed by atoms with Crippen molar-refractivity contribution < 1.29 is 27.4 Å². The lowest BCUT2D eigenvalue weighted by Crippen LogP contribution is -2.45. The van der Waals surface area contributed by atoms with Crippen molar-refractivity contribution in [3.05, 3.63) is 78.4 Å². The number of para-hydroxylation sites is 2. The quantitative estimate of drug-likeness (QED) is 0.432. The van der Waals surface area contributed by atoms with E-state index < -0.39 is 22.5 Å². The maximum Gasteiger partial charge on any atom is 0.264 e. The monoisotopic (exact) mass is 498 g/mol. The molecule has 0 radical (unpaired) electrons. The zero-order chi connectivity index (χ0) is 25.4. The van der Waals surface area contributed by atoms with Gasteiger partial charge in [0.15, 0.2) is 11.5 Å². The molecule has 0 bridgehead atoms. The summed E-state index contributed by atoms with van der Waals surface area (Å²) in [4.78, 5) is 12.9. The van der Waals surface area contributed by atoms with Crippen LogP contribution in [0.4, 0.5) is 5.69 Å². The molecule has 1 unspecified atom stereocenters. The van der Waals surface area contributed by atoms with Crippen molar-refractivity contribution in [3.8, 4) is 17.2 Å². The van der Waals surface area contributed by atoms with Gasteiger partial charge >= 0.3 is 0 Å². The molecule has 186 valence electrons. The van der Waals surface area contributed by atoms with Crippen molar-refractivity contribution in [2.24, 2.45) is 0 Å². The summed E-state index contributed by atoms with van der Waals surface area (Å²) in [5.74, 6) is 0.945. The number of sulfonamides is 1.